The molecule has 0 aromatic heterocycles. The standard InChI is InChI=1S/C24H30N2O3S/c1-17(2)19-7-5-18(6-8-19)4-3-14-25-30(28,29)22-11-12-23-21(16-22)13-15-26(23)24(27)20-9-10-20/h5-8,11-12,16-17,20,25H,3-4,9-10,13-15H2,1-2H3. The van der Waals surface area contributed by atoms with Crippen LogP contribution in [0.1, 0.15) is 55.7 Å². The third kappa shape index (κ3) is 4.60. The first-order valence-electron chi connectivity index (χ1n) is 10.9. The number of anilines is 1. The van der Waals surface area contributed by atoms with E-state index in [1.54, 1.807) is 18.2 Å². The van der Waals surface area contributed by atoms with E-state index < -0.39 is 10.0 Å². The van der Waals surface area contributed by atoms with E-state index in [-0.39, 0.29) is 16.7 Å². The monoisotopic (exact) mass is 426 g/mol. The van der Waals surface area contributed by atoms with Crippen LogP contribution in [0.4, 0.5) is 5.69 Å². The Balaban J connectivity index is 1.33. The maximum absolute atomic E-state index is 12.7. The molecule has 0 unspecified atom stereocenters. The van der Waals surface area contributed by atoms with Crippen LogP contribution < -0.4 is 9.62 Å². The number of aryl methyl sites for hydroxylation is 1. The highest BCUT2D eigenvalue weighted by molar-refractivity contribution is 7.89. The summed E-state index contributed by atoms with van der Waals surface area (Å²) in [6.07, 6.45) is 4.24. The molecule has 2 aliphatic rings. The van der Waals surface area contributed by atoms with Gasteiger partial charge < -0.3 is 4.90 Å². The Hall–Kier alpha value is -2.18. The summed E-state index contributed by atoms with van der Waals surface area (Å²) in [5.41, 5.74) is 4.35. The molecule has 0 bridgehead atoms. The Morgan fingerprint density at radius 1 is 1.13 bits per heavy atom. The molecule has 5 nitrogen and oxygen atoms in total. The van der Waals surface area contributed by atoms with Crippen molar-refractivity contribution in [1.82, 2.24) is 4.72 Å². The second-order valence-corrected chi connectivity index (χ2v) is 10.5. The third-order valence-electron chi connectivity index (χ3n) is 6.03. The predicted molar refractivity (Wildman–Crippen MR) is 119 cm³/mol. The average molecular weight is 427 g/mol. The summed E-state index contributed by atoms with van der Waals surface area (Å²) in [4.78, 5) is 14.5. The normalized spacial score (nSPS) is 16.2. The van der Waals surface area contributed by atoms with Crippen molar-refractivity contribution in [3.63, 3.8) is 0 Å². The SMILES string of the molecule is CC(C)c1ccc(CCCNS(=O)(=O)c2ccc3c(c2)CCN3C(=O)C2CC2)cc1. The van der Waals surface area contributed by atoms with Gasteiger partial charge in [-0.2, -0.15) is 0 Å². The van der Waals surface area contributed by atoms with E-state index in [2.05, 4.69) is 42.8 Å². The number of fused-ring (bicyclic) bond motifs is 1. The maximum atomic E-state index is 12.7. The Labute approximate surface area is 179 Å². The topological polar surface area (TPSA) is 66.5 Å². The molecule has 4 rings (SSSR count). The van der Waals surface area contributed by atoms with Gasteiger partial charge in [0.1, 0.15) is 0 Å². The van der Waals surface area contributed by atoms with Crippen molar-refractivity contribution in [2.24, 2.45) is 5.92 Å². The minimum Gasteiger partial charge on any atom is -0.312 e. The number of nitrogens with one attached hydrogen (secondary N) is 1. The molecular weight excluding hydrogens is 396 g/mol. The molecule has 1 N–H and O–H groups in total. The number of nitrogens with zero attached hydrogens (tertiary/aromatic N) is 1. The summed E-state index contributed by atoms with van der Waals surface area (Å²) in [7, 11) is -3.55. The van der Waals surface area contributed by atoms with E-state index in [4.69, 9.17) is 0 Å². The van der Waals surface area contributed by atoms with Gasteiger partial charge in [-0.15, -0.1) is 0 Å². The van der Waals surface area contributed by atoms with Gasteiger partial charge >= 0.3 is 0 Å². The zero-order valence-electron chi connectivity index (χ0n) is 17.7. The highest BCUT2D eigenvalue weighted by Crippen LogP contribution is 2.37. The van der Waals surface area contributed by atoms with Crippen LogP contribution in [0.25, 0.3) is 0 Å². The van der Waals surface area contributed by atoms with Crippen molar-refractivity contribution in [2.75, 3.05) is 18.0 Å². The van der Waals surface area contributed by atoms with Crippen LogP contribution in [0.15, 0.2) is 47.4 Å². The van der Waals surface area contributed by atoms with E-state index in [0.717, 1.165) is 36.9 Å². The van der Waals surface area contributed by atoms with Crippen LogP contribution in [-0.4, -0.2) is 27.4 Å². The predicted octanol–water partition coefficient (Wildman–Crippen LogP) is 4.02. The lowest BCUT2D eigenvalue weighted by Gasteiger charge is -2.17. The lowest BCUT2D eigenvalue weighted by Crippen LogP contribution is -2.30. The van der Waals surface area contributed by atoms with E-state index in [9.17, 15) is 13.2 Å². The van der Waals surface area contributed by atoms with E-state index in [1.165, 1.54) is 11.1 Å². The van der Waals surface area contributed by atoms with E-state index >= 15 is 0 Å². The second kappa shape index (κ2) is 8.52. The molecule has 0 spiro atoms. The third-order valence-corrected chi connectivity index (χ3v) is 7.49. The molecule has 30 heavy (non-hydrogen) atoms. The molecule has 160 valence electrons. The molecule has 0 saturated heterocycles. The first-order valence-corrected chi connectivity index (χ1v) is 12.4. The van der Waals surface area contributed by atoms with E-state index in [1.807, 2.05) is 4.90 Å². The number of hydrogen-bond donors (Lipinski definition) is 1. The Morgan fingerprint density at radius 2 is 1.87 bits per heavy atom. The molecule has 1 aliphatic heterocycles. The highest BCUT2D eigenvalue weighted by Gasteiger charge is 2.36. The zero-order valence-corrected chi connectivity index (χ0v) is 18.5. The van der Waals surface area contributed by atoms with Gasteiger partial charge in [0.05, 0.1) is 4.90 Å². The Bertz CT molecular complexity index is 1020. The van der Waals surface area contributed by atoms with Crippen LogP contribution in [0.5, 0.6) is 0 Å². The van der Waals surface area contributed by atoms with Crippen molar-refractivity contribution in [3.8, 4) is 0 Å². The van der Waals surface area contributed by atoms with Crippen LogP contribution in [0.3, 0.4) is 0 Å². The smallest absolute Gasteiger partial charge is 0.240 e. The Kier molecular flexibility index (Phi) is 5.98. The van der Waals surface area contributed by atoms with Gasteiger partial charge in [0.2, 0.25) is 15.9 Å². The fourth-order valence-corrected chi connectivity index (χ4v) is 5.10. The maximum Gasteiger partial charge on any atom is 0.240 e. The molecule has 2 aromatic rings. The Morgan fingerprint density at radius 3 is 2.53 bits per heavy atom. The molecule has 1 heterocycles. The van der Waals surface area contributed by atoms with Crippen molar-refractivity contribution < 1.29 is 13.2 Å². The molecule has 6 heteroatoms. The lowest BCUT2D eigenvalue weighted by molar-refractivity contribution is -0.119. The van der Waals surface area contributed by atoms with Gasteiger partial charge in [-0.3, -0.25) is 4.79 Å². The first kappa shape index (κ1) is 21.1. The van der Waals surface area contributed by atoms with Crippen LogP contribution in [-0.2, 0) is 27.7 Å². The van der Waals surface area contributed by atoms with Crippen LogP contribution in [0, 0.1) is 5.92 Å². The van der Waals surface area contributed by atoms with Gasteiger partial charge in [-0.05, 0) is 72.9 Å². The molecule has 2 aromatic carbocycles. The number of rotatable bonds is 8. The van der Waals surface area contributed by atoms with Crippen molar-refractivity contribution in [2.45, 2.75) is 56.8 Å². The van der Waals surface area contributed by atoms with E-state index in [0.29, 0.717) is 25.4 Å². The minimum absolute atomic E-state index is 0.169. The van der Waals surface area contributed by atoms with Gasteiger partial charge in [0, 0.05) is 24.7 Å². The van der Waals surface area contributed by atoms with Gasteiger partial charge in [-0.25, -0.2) is 13.1 Å². The number of sulfonamides is 1. The molecule has 0 atom stereocenters. The number of carbonyl (C=O) groups is 1. The molecule has 1 saturated carbocycles. The molecule has 1 aliphatic carbocycles. The van der Waals surface area contributed by atoms with Gasteiger partial charge in [-0.1, -0.05) is 38.1 Å². The summed E-state index contributed by atoms with van der Waals surface area (Å²) < 4.78 is 28.1. The quantitative estimate of drug-likeness (QED) is 0.649. The number of amides is 1. The summed E-state index contributed by atoms with van der Waals surface area (Å²) in [6.45, 7) is 5.39. The van der Waals surface area contributed by atoms with Crippen molar-refractivity contribution in [1.29, 1.82) is 0 Å². The molecule has 1 amide bonds. The zero-order chi connectivity index (χ0) is 21.3. The number of carbonyl (C=O) groups excluding carboxylic acids is 1. The fourth-order valence-electron chi connectivity index (χ4n) is 3.98. The second-order valence-electron chi connectivity index (χ2n) is 8.70. The van der Waals surface area contributed by atoms with Crippen LogP contribution >= 0.6 is 0 Å². The summed E-state index contributed by atoms with van der Waals surface area (Å²) in [6, 6.07) is 13.7. The van der Waals surface area contributed by atoms with Crippen molar-refractivity contribution in [3.05, 3.63) is 59.2 Å². The average Bonchev–Trinajstić information content (AvgIpc) is 3.50. The fraction of sp³-hybridized carbons (Fsp3) is 0.458. The van der Waals surface area contributed by atoms with Gasteiger partial charge in [0.25, 0.3) is 0 Å². The number of benzene rings is 2. The highest BCUT2D eigenvalue weighted by atomic mass is 32.2. The molecular formula is C24H30N2O3S. The molecule has 0 radical (unpaired) electrons. The van der Waals surface area contributed by atoms with Gasteiger partial charge in [0.15, 0.2) is 0 Å². The largest absolute Gasteiger partial charge is 0.312 e. The lowest BCUT2D eigenvalue weighted by atomic mass is 10.0. The summed E-state index contributed by atoms with van der Waals surface area (Å²) in [5.74, 6) is 0.864. The molecule has 1 fully saturated rings. The number of hydrogen-bond acceptors (Lipinski definition) is 3. The van der Waals surface area contributed by atoms with Crippen LogP contribution in [0.2, 0.25) is 0 Å². The van der Waals surface area contributed by atoms with Crippen molar-refractivity contribution >= 4 is 21.6 Å². The minimum atomic E-state index is -3.55. The summed E-state index contributed by atoms with van der Waals surface area (Å²) >= 11 is 0. The first-order chi connectivity index (χ1) is 14.3. The summed E-state index contributed by atoms with van der Waals surface area (Å²) in [5, 5.41) is 0.